The Hall–Kier alpha value is -0.610. The first-order chi connectivity index (χ1) is 8.67. The summed E-state index contributed by atoms with van der Waals surface area (Å²) in [5.41, 5.74) is 0. The number of likely N-dealkylation sites (N-methyl/N-ethyl adjacent to an activating group) is 1. The van der Waals surface area contributed by atoms with Gasteiger partial charge in [0.15, 0.2) is 0 Å². The van der Waals surface area contributed by atoms with E-state index in [-0.39, 0.29) is 0 Å². The molecule has 1 rings (SSSR count). The molecule has 0 aromatic heterocycles. The van der Waals surface area contributed by atoms with Gasteiger partial charge in [-0.15, -0.1) is 0 Å². The van der Waals surface area contributed by atoms with Gasteiger partial charge in [0, 0.05) is 6.61 Å². The number of carbonyl (C=O) groups is 1. The highest BCUT2D eigenvalue weighted by Gasteiger charge is 2.22. The predicted octanol–water partition coefficient (Wildman–Crippen LogP) is 2.42. The Bertz CT molecular complexity index is 245. The lowest BCUT2D eigenvalue weighted by molar-refractivity contribution is -0.140. The third kappa shape index (κ3) is 5.36. The van der Waals surface area contributed by atoms with Crippen LogP contribution in [0.1, 0.15) is 52.4 Å². The van der Waals surface area contributed by atoms with Gasteiger partial charge in [-0.05, 0) is 31.7 Å². The van der Waals surface area contributed by atoms with Gasteiger partial charge in [-0.25, -0.2) is 0 Å². The SMILES string of the molecule is CCNC(CCOC1CCCC(CC)C1)C(=O)O. The van der Waals surface area contributed by atoms with Crippen molar-refractivity contribution in [2.24, 2.45) is 5.92 Å². The molecule has 0 aromatic rings. The number of nitrogens with one attached hydrogen (secondary N) is 1. The van der Waals surface area contributed by atoms with Crippen LogP contribution in [0.5, 0.6) is 0 Å². The van der Waals surface area contributed by atoms with Crippen LogP contribution in [0.3, 0.4) is 0 Å². The van der Waals surface area contributed by atoms with Gasteiger partial charge in [-0.3, -0.25) is 4.79 Å². The molecule has 0 radical (unpaired) electrons. The van der Waals surface area contributed by atoms with Crippen molar-refractivity contribution < 1.29 is 14.6 Å². The molecule has 0 aliphatic heterocycles. The number of hydrogen-bond acceptors (Lipinski definition) is 3. The first kappa shape index (κ1) is 15.4. The quantitative estimate of drug-likeness (QED) is 0.701. The van der Waals surface area contributed by atoms with E-state index >= 15 is 0 Å². The van der Waals surface area contributed by atoms with E-state index < -0.39 is 12.0 Å². The predicted molar refractivity (Wildman–Crippen MR) is 71.7 cm³/mol. The summed E-state index contributed by atoms with van der Waals surface area (Å²) in [7, 11) is 0. The molecule has 0 saturated heterocycles. The number of carboxylic acids is 1. The third-order valence-corrected chi connectivity index (χ3v) is 3.82. The van der Waals surface area contributed by atoms with E-state index in [1.807, 2.05) is 6.92 Å². The fourth-order valence-corrected chi connectivity index (χ4v) is 2.68. The molecule has 1 fully saturated rings. The highest BCUT2D eigenvalue weighted by molar-refractivity contribution is 5.73. The second kappa shape index (κ2) is 8.48. The van der Waals surface area contributed by atoms with Crippen LogP contribution in [0, 0.1) is 5.92 Å². The largest absolute Gasteiger partial charge is 0.480 e. The second-order valence-electron chi connectivity index (χ2n) is 5.17. The van der Waals surface area contributed by atoms with Crippen molar-refractivity contribution in [3.63, 3.8) is 0 Å². The number of rotatable bonds is 8. The molecule has 1 saturated carbocycles. The number of hydrogen-bond donors (Lipinski definition) is 2. The molecule has 1 aliphatic rings. The zero-order valence-electron chi connectivity index (χ0n) is 11.7. The minimum Gasteiger partial charge on any atom is -0.480 e. The Morgan fingerprint density at radius 3 is 2.83 bits per heavy atom. The monoisotopic (exact) mass is 257 g/mol. The van der Waals surface area contributed by atoms with Gasteiger partial charge in [-0.2, -0.15) is 0 Å². The minimum atomic E-state index is -0.782. The second-order valence-corrected chi connectivity index (χ2v) is 5.17. The molecular formula is C14H27NO3. The van der Waals surface area contributed by atoms with Crippen molar-refractivity contribution in [1.82, 2.24) is 5.32 Å². The third-order valence-electron chi connectivity index (χ3n) is 3.82. The molecule has 0 amide bonds. The molecule has 0 heterocycles. The Kier molecular flexibility index (Phi) is 7.28. The molecule has 18 heavy (non-hydrogen) atoms. The molecule has 0 spiro atoms. The molecule has 106 valence electrons. The van der Waals surface area contributed by atoms with Crippen LogP contribution in [0.4, 0.5) is 0 Å². The van der Waals surface area contributed by atoms with Crippen LogP contribution in [-0.2, 0) is 9.53 Å². The summed E-state index contributed by atoms with van der Waals surface area (Å²) >= 11 is 0. The normalized spacial score (nSPS) is 25.9. The summed E-state index contributed by atoms with van der Waals surface area (Å²) in [6, 6.07) is -0.472. The molecule has 3 unspecified atom stereocenters. The Morgan fingerprint density at radius 2 is 2.22 bits per heavy atom. The van der Waals surface area contributed by atoms with Crippen molar-refractivity contribution in [2.75, 3.05) is 13.2 Å². The topological polar surface area (TPSA) is 58.6 Å². The Balaban J connectivity index is 2.21. The van der Waals surface area contributed by atoms with E-state index in [4.69, 9.17) is 9.84 Å². The van der Waals surface area contributed by atoms with E-state index in [2.05, 4.69) is 12.2 Å². The van der Waals surface area contributed by atoms with Crippen LogP contribution in [-0.4, -0.2) is 36.4 Å². The van der Waals surface area contributed by atoms with Crippen molar-refractivity contribution in [1.29, 1.82) is 0 Å². The maximum absolute atomic E-state index is 11.0. The van der Waals surface area contributed by atoms with Gasteiger partial charge in [0.1, 0.15) is 6.04 Å². The molecule has 2 N–H and O–H groups in total. The highest BCUT2D eigenvalue weighted by atomic mass is 16.5. The van der Waals surface area contributed by atoms with Crippen LogP contribution in [0.2, 0.25) is 0 Å². The van der Waals surface area contributed by atoms with Crippen molar-refractivity contribution >= 4 is 5.97 Å². The number of aliphatic carboxylic acids is 1. The van der Waals surface area contributed by atoms with Gasteiger partial charge in [0.05, 0.1) is 6.10 Å². The molecule has 4 heteroatoms. The van der Waals surface area contributed by atoms with Crippen molar-refractivity contribution in [3.05, 3.63) is 0 Å². The van der Waals surface area contributed by atoms with Gasteiger partial charge in [-0.1, -0.05) is 33.1 Å². The molecule has 3 atom stereocenters. The summed E-state index contributed by atoms with van der Waals surface area (Å²) in [5, 5.41) is 12.0. The first-order valence-electron chi connectivity index (χ1n) is 7.25. The smallest absolute Gasteiger partial charge is 0.320 e. The van der Waals surface area contributed by atoms with Gasteiger partial charge >= 0.3 is 5.97 Å². The summed E-state index contributed by atoms with van der Waals surface area (Å²) in [4.78, 5) is 11.0. The zero-order chi connectivity index (χ0) is 13.4. The summed E-state index contributed by atoms with van der Waals surface area (Å²) in [5.74, 6) is 0.0170. The first-order valence-corrected chi connectivity index (χ1v) is 7.25. The van der Waals surface area contributed by atoms with Gasteiger partial charge in [0.2, 0.25) is 0 Å². The minimum absolute atomic E-state index is 0.347. The maximum Gasteiger partial charge on any atom is 0.320 e. The lowest BCUT2D eigenvalue weighted by Gasteiger charge is -2.28. The molecular weight excluding hydrogens is 230 g/mol. The maximum atomic E-state index is 11.0. The fraction of sp³-hybridized carbons (Fsp3) is 0.929. The van der Waals surface area contributed by atoms with E-state index in [1.165, 1.54) is 19.3 Å². The van der Waals surface area contributed by atoms with Crippen LogP contribution >= 0.6 is 0 Å². The zero-order valence-corrected chi connectivity index (χ0v) is 11.7. The summed E-state index contributed by atoms with van der Waals surface area (Å²) in [6.07, 6.45) is 6.99. The van der Waals surface area contributed by atoms with Crippen molar-refractivity contribution in [3.8, 4) is 0 Å². The molecule has 4 nitrogen and oxygen atoms in total. The molecule has 0 aromatic carbocycles. The van der Waals surface area contributed by atoms with Crippen LogP contribution < -0.4 is 5.32 Å². The fourth-order valence-electron chi connectivity index (χ4n) is 2.68. The number of carboxylic acid groups (broad SMARTS) is 1. The highest BCUT2D eigenvalue weighted by Crippen LogP contribution is 2.28. The van der Waals surface area contributed by atoms with E-state index in [0.717, 1.165) is 18.8 Å². The average molecular weight is 257 g/mol. The van der Waals surface area contributed by atoms with Crippen molar-refractivity contribution in [2.45, 2.75) is 64.5 Å². The van der Waals surface area contributed by atoms with E-state index in [9.17, 15) is 4.79 Å². The van der Waals surface area contributed by atoms with Gasteiger partial charge in [0.25, 0.3) is 0 Å². The van der Waals surface area contributed by atoms with Crippen LogP contribution in [0.25, 0.3) is 0 Å². The van der Waals surface area contributed by atoms with Crippen LogP contribution in [0.15, 0.2) is 0 Å². The molecule has 0 bridgehead atoms. The lowest BCUT2D eigenvalue weighted by Crippen LogP contribution is -2.38. The van der Waals surface area contributed by atoms with E-state index in [0.29, 0.717) is 25.7 Å². The summed E-state index contributed by atoms with van der Waals surface area (Å²) in [6.45, 7) is 5.38. The van der Waals surface area contributed by atoms with Gasteiger partial charge < -0.3 is 15.2 Å². The molecule has 1 aliphatic carbocycles. The standard InChI is InChI=1S/C14H27NO3/c1-3-11-6-5-7-12(10-11)18-9-8-13(14(16)17)15-4-2/h11-13,15H,3-10H2,1-2H3,(H,16,17). The average Bonchev–Trinajstić information content (AvgIpc) is 2.38. The Labute approximate surface area is 110 Å². The summed E-state index contributed by atoms with van der Waals surface area (Å²) < 4.78 is 5.84. The Morgan fingerprint density at radius 1 is 1.44 bits per heavy atom. The lowest BCUT2D eigenvalue weighted by atomic mass is 9.85. The number of ether oxygens (including phenoxy) is 1. The van der Waals surface area contributed by atoms with E-state index in [1.54, 1.807) is 0 Å².